The highest BCUT2D eigenvalue weighted by molar-refractivity contribution is 5.68. The van der Waals surface area contributed by atoms with Gasteiger partial charge in [-0.25, -0.2) is 4.79 Å². The molecule has 1 aliphatic carbocycles. The lowest BCUT2D eigenvalue weighted by atomic mass is 9.98. The Balaban J connectivity index is 2.34. The Hall–Kier alpha value is -0.770. The van der Waals surface area contributed by atoms with Crippen LogP contribution in [-0.4, -0.2) is 29.8 Å². The summed E-state index contributed by atoms with van der Waals surface area (Å²) in [5.74, 6) is 0.785. The summed E-state index contributed by atoms with van der Waals surface area (Å²) >= 11 is 0. The van der Waals surface area contributed by atoms with Gasteiger partial charge in [-0.2, -0.15) is 0 Å². The van der Waals surface area contributed by atoms with Crippen LogP contribution in [0.3, 0.4) is 0 Å². The van der Waals surface area contributed by atoms with Gasteiger partial charge in [-0.1, -0.05) is 12.8 Å². The van der Waals surface area contributed by atoms with Crippen molar-refractivity contribution in [1.29, 1.82) is 0 Å². The summed E-state index contributed by atoms with van der Waals surface area (Å²) in [6.45, 7) is 12.7. The van der Waals surface area contributed by atoms with E-state index in [-0.39, 0.29) is 11.6 Å². The number of carbonyl (C=O) groups excluding carboxylic acids is 1. The molecule has 1 atom stereocenters. The first-order valence-electron chi connectivity index (χ1n) is 7.84. The number of alkyl carbamates (subject to hydrolysis) is 1. The summed E-state index contributed by atoms with van der Waals surface area (Å²) in [4.78, 5) is 11.8. The fourth-order valence-electron chi connectivity index (χ4n) is 2.66. The van der Waals surface area contributed by atoms with Crippen molar-refractivity contribution in [2.24, 2.45) is 5.92 Å². The molecule has 4 heteroatoms. The molecule has 0 aromatic rings. The minimum atomic E-state index is -0.454. The molecule has 1 amide bonds. The molecule has 0 aromatic heterocycles. The van der Waals surface area contributed by atoms with Gasteiger partial charge >= 0.3 is 6.09 Å². The van der Waals surface area contributed by atoms with Crippen molar-refractivity contribution in [1.82, 2.24) is 10.6 Å². The maximum Gasteiger partial charge on any atom is 0.408 e. The molecule has 2 N–H and O–H groups in total. The lowest BCUT2D eigenvalue weighted by molar-refractivity contribution is 0.0470. The molecule has 118 valence electrons. The van der Waals surface area contributed by atoms with Crippen LogP contribution in [0.15, 0.2) is 0 Å². The van der Waals surface area contributed by atoms with Crippen LogP contribution in [0, 0.1) is 5.92 Å². The van der Waals surface area contributed by atoms with Gasteiger partial charge in [0.15, 0.2) is 0 Å². The third-order valence-electron chi connectivity index (χ3n) is 3.81. The van der Waals surface area contributed by atoms with Gasteiger partial charge in [0.1, 0.15) is 5.60 Å². The van der Waals surface area contributed by atoms with Gasteiger partial charge in [0.05, 0.1) is 5.54 Å². The molecule has 1 rings (SSSR count). The summed E-state index contributed by atoms with van der Waals surface area (Å²) in [5.41, 5.74) is -0.764. The smallest absolute Gasteiger partial charge is 0.408 e. The van der Waals surface area contributed by atoms with Crippen LogP contribution >= 0.6 is 0 Å². The summed E-state index contributed by atoms with van der Waals surface area (Å²) in [5, 5.41) is 6.50. The van der Waals surface area contributed by atoms with Crippen molar-refractivity contribution in [3.05, 3.63) is 0 Å². The van der Waals surface area contributed by atoms with Crippen molar-refractivity contribution >= 4 is 6.09 Å². The number of ether oxygens (including phenoxy) is 1. The maximum atomic E-state index is 11.8. The fraction of sp³-hybridized carbons (Fsp3) is 0.938. The number of hydrogen-bond donors (Lipinski definition) is 2. The molecule has 0 heterocycles. The second-order valence-electron chi connectivity index (χ2n) is 7.72. The molecule has 0 bridgehead atoms. The van der Waals surface area contributed by atoms with Crippen LogP contribution in [0.2, 0.25) is 0 Å². The van der Waals surface area contributed by atoms with Gasteiger partial charge in [-0.05, 0) is 60.3 Å². The molecule has 1 aliphatic rings. The Morgan fingerprint density at radius 3 is 2.25 bits per heavy atom. The van der Waals surface area contributed by atoms with E-state index in [0.29, 0.717) is 6.04 Å². The highest BCUT2D eigenvalue weighted by Crippen LogP contribution is 2.27. The van der Waals surface area contributed by atoms with Crippen LogP contribution in [-0.2, 0) is 4.74 Å². The van der Waals surface area contributed by atoms with E-state index in [1.807, 2.05) is 34.6 Å². The van der Waals surface area contributed by atoms with Crippen molar-refractivity contribution in [2.45, 2.75) is 84.4 Å². The third-order valence-corrected chi connectivity index (χ3v) is 3.81. The lowest BCUT2D eigenvalue weighted by Crippen LogP contribution is -2.53. The highest BCUT2D eigenvalue weighted by atomic mass is 16.6. The number of amides is 1. The molecular formula is C16H32N2O2. The largest absolute Gasteiger partial charge is 0.444 e. The van der Waals surface area contributed by atoms with Gasteiger partial charge in [0, 0.05) is 12.6 Å². The van der Waals surface area contributed by atoms with E-state index < -0.39 is 5.60 Å². The normalized spacial score (nSPS) is 18.9. The molecule has 0 aliphatic heterocycles. The molecular weight excluding hydrogens is 252 g/mol. The first-order valence-corrected chi connectivity index (χ1v) is 7.84. The molecule has 0 spiro atoms. The molecule has 0 aromatic carbocycles. The van der Waals surface area contributed by atoms with Gasteiger partial charge in [0.25, 0.3) is 0 Å². The average molecular weight is 284 g/mol. The number of hydrogen-bond acceptors (Lipinski definition) is 3. The van der Waals surface area contributed by atoms with Gasteiger partial charge < -0.3 is 15.4 Å². The van der Waals surface area contributed by atoms with E-state index in [1.165, 1.54) is 25.7 Å². The minimum Gasteiger partial charge on any atom is -0.444 e. The van der Waals surface area contributed by atoms with Crippen LogP contribution in [0.1, 0.15) is 67.2 Å². The molecule has 4 nitrogen and oxygen atoms in total. The summed E-state index contributed by atoms with van der Waals surface area (Å²) in [7, 11) is 0. The van der Waals surface area contributed by atoms with Crippen LogP contribution < -0.4 is 10.6 Å². The predicted molar refractivity (Wildman–Crippen MR) is 82.9 cm³/mol. The van der Waals surface area contributed by atoms with Crippen molar-refractivity contribution in [3.63, 3.8) is 0 Å². The van der Waals surface area contributed by atoms with E-state index in [9.17, 15) is 4.79 Å². The standard InChI is InChI=1S/C16H32N2O2/c1-12(13-9-7-8-10-13)17-11-16(5,6)18-14(19)20-15(2,3)4/h12-13,17H,7-11H2,1-6H3,(H,18,19). The summed E-state index contributed by atoms with van der Waals surface area (Å²) in [6.07, 6.45) is 5.02. The van der Waals surface area contributed by atoms with Gasteiger partial charge in [-0.3, -0.25) is 0 Å². The SMILES string of the molecule is CC(NCC(C)(C)NC(=O)OC(C)(C)C)C1CCCC1. The Kier molecular flexibility index (Phi) is 5.87. The average Bonchev–Trinajstić information content (AvgIpc) is 2.75. The van der Waals surface area contributed by atoms with Crippen LogP contribution in [0.5, 0.6) is 0 Å². The zero-order valence-electron chi connectivity index (χ0n) is 14.0. The van der Waals surface area contributed by atoms with E-state index in [4.69, 9.17) is 4.74 Å². The number of rotatable bonds is 5. The molecule has 1 saturated carbocycles. The highest BCUT2D eigenvalue weighted by Gasteiger charge is 2.27. The third kappa shape index (κ3) is 6.60. The topological polar surface area (TPSA) is 50.4 Å². The van der Waals surface area contributed by atoms with Crippen molar-refractivity contribution in [2.75, 3.05) is 6.54 Å². The predicted octanol–water partition coefficient (Wildman–Crippen LogP) is 3.46. The minimum absolute atomic E-state index is 0.310. The molecule has 20 heavy (non-hydrogen) atoms. The first-order chi connectivity index (χ1) is 9.09. The maximum absolute atomic E-state index is 11.8. The zero-order chi connectivity index (χ0) is 15.4. The number of carbonyl (C=O) groups is 1. The van der Waals surface area contributed by atoms with E-state index in [1.54, 1.807) is 0 Å². The summed E-state index contributed by atoms with van der Waals surface area (Å²) < 4.78 is 5.30. The molecule has 0 saturated heterocycles. The van der Waals surface area contributed by atoms with Gasteiger partial charge in [0.2, 0.25) is 0 Å². The Labute approximate surface area is 124 Å². The van der Waals surface area contributed by atoms with E-state index in [0.717, 1.165) is 12.5 Å². The van der Waals surface area contributed by atoms with Crippen molar-refractivity contribution in [3.8, 4) is 0 Å². The molecule has 0 radical (unpaired) electrons. The Bertz CT molecular complexity index is 315. The monoisotopic (exact) mass is 284 g/mol. The van der Waals surface area contributed by atoms with Gasteiger partial charge in [-0.15, -0.1) is 0 Å². The van der Waals surface area contributed by atoms with E-state index >= 15 is 0 Å². The molecule has 1 fully saturated rings. The fourth-order valence-corrected chi connectivity index (χ4v) is 2.66. The van der Waals surface area contributed by atoms with E-state index in [2.05, 4.69) is 17.6 Å². The Morgan fingerprint density at radius 1 is 1.20 bits per heavy atom. The summed E-state index contributed by atoms with van der Waals surface area (Å²) in [6, 6.07) is 0.511. The second kappa shape index (κ2) is 6.79. The van der Waals surface area contributed by atoms with Crippen LogP contribution in [0.4, 0.5) is 4.79 Å². The second-order valence-corrected chi connectivity index (χ2v) is 7.72. The van der Waals surface area contributed by atoms with Crippen LogP contribution in [0.25, 0.3) is 0 Å². The zero-order valence-corrected chi connectivity index (χ0v) is 14.0. The number of nitrogens with one attached hydrogen (secondary N) is 2. The van der Waals surface area contributed by atoms with Crippen molar-refractivity contribution < 1.29 is 9.53 Å². The molecule has 1 unspecified atom stereocenters. The Morgan fingerprint density at radius 2 is 1.75 bits per heavy atom. The lowest BCUT2D eigenvalue weighted by Gasteiger charge is -2.31. The quantitative estimate of drug-likeness (QED) is 0.813. The first kappa shape index (κ1) is 17.3.